The van der Waals surface area contributed by atoms with Crippen molar-refractivity contribution in [2.24, 2.45) is 5.73 Å². The summed E-state index contributed by atoms with van der Waals surface area (Å²) in [6, 6.07) is 14.3. The van der Waals surface area contributed by atoms with Crippen molar-refractivity contribution in [2.75, 3.05) is 0 Å². The maximum Gasteiger partial charge on any atom is 0.122 e. The van der Waals surface area contributed by atoms with Gasteiger partial charge in [0.05, 0.1) is 0 Å². The van der Waals surface area contributed by atoms with E-state index in [0.717, 1.165) is 26.9 Å². The van der Waals surface area contributed by atoms with Crippen LogP contribution in [0.2, 0.25) is 0 Å². The molecule has 0 unspecified atom stereocenters. The Balaban J connectivity index is 2.05. The van der Waals surface area contributed by atoms with E-state index in [1.165, 1.54) is 0 Å². The predicted octanol–water partition coefficient (Wildman–Crippen LogP) is 4.36. The zero-order valence-electron chi connectivity index (χ0n) is 11.2. The minimum Gasteiger partial charge on any atom is -0.489 e. The lowest BCUT2D eigenvalue weighted by molar-refractivity contribution is 0.304. The van der Waals surface area contributed by atoms with Gasteiger partial charge in [0.1, 0.15) is 12.4 Å². The van der Waals surface area contributed by atoms with E-state index in [4.69, 9.17) is 10.5 Å². The first-order chi connectivity index (χ1) is 9.06. The Hall–Kier alpha value is -1.32. The lowest BCUT2D eigenvalue weighted by Crippen LogP contribution is -2.05. The van der Waals surface area contributed by atoms with Crippen molar-refractivity contribution in [2.45, 2.75) is 26.5 Å². The molecule has 2 aromatic carbocycles. The minimum absolute atomic E-state index is 0.0548. The number of hydrogen-bond donors (Lipinski definition) is 1. The number of aryl methyl sites for hydroxylation is 1. The van der Waals surface area contributed by atoms with Gasteiger partial charge in [0.2, 0.25) is 0 Å². The molecular formula is C16H18BrNO. The third kappa shape index (κ3) is 3.82. The normalized spacial score (nSPS) is 12.2. The fourth-order valence-electron chi connectivity index (χ4n) is 1.86. The second kappa shape index (κ2) is 6.22. The van der Waals surface area contributed by atoms with Crippen LogP contribution in [-0.2, 0) is 6.61 Å². The van der Waals surface area contributed by atoms with E-state index in [-0.39, 0.29) is 6.04 Å². The molecule has 0 saturated carbocycles. The topological polar surface area (TPSA) is 35.2 Å². The van der Waals surface area contributed by atoms with Crippen LogP contribution < -0.4 is 10.5 Å². The van der Waals surface area contributed by atoms with Crippen LogP contribution in [0.1, 0.15) is 29.7 Å². The van der Waals surface area contributed by atoms with Gasteiger partial charge in [-0.3, -0.25) is 0 Å². The smallest absolute Gasteiger partial charge is 0.122 e. The summed E-state index contributed by atoms with van der Waals surface area (Å²) >= 11 is 3.42. The first-order valence-corrected chi connectivity index (χ1v) is 7.09. The summed E-state index contributed by atoms with van der Waals surface area (Å²) in [5.74, 6) is 0.910. The van der Waals surface area contributed by atoms with E-state index in [2.05, 4.69) is 34.1 Å². The second-order valence-corrected chi connectivity index (χ2v) is 5.64. The molecule has 0 aliphatic carbocycles. The van der Waals surface area contributed by atoms with Crippen LogP contribution in [-0.4, -0.2) is 0 Å². The van der Waals surface area contributed by atoms with Crippen molar-refractivity contribution >= 4 is 15.9 Å². The van der Waals surface area contributed by atoms with Crippen LogP contribution >= 0.6 is 15.9 Å². The second-order valence-electron chi connectivity index (χ2n) is 4.73. The molecule has 2 N–H and O–H groups in total. The Morgan fingerprint density at radius 1 is 1.16 bits per heavy atom. The zero-order valence-corrected chi connectivity index (χ0v) is 12.8. The Morgan fingerprint density at radius 2 is 1.84 bits per heavy atom. The van der Waals surface area contributed by atoms with E-state index in [9.17, 15) is 0 Å². The van der Waals surface area contributed by atoms with Gasteiger partial charge in [0.15, 0.2) is 0 Å². The molecule has 0 amide bonds. The molecule has 2 aromatic rings. The summed E-state index contributed by atoms with van der Waals surface area (Å²) in [6.07, 6.45) is 0. The molecular weight excluding hydrogens is 302 g/mol. The molecule has 100 valence electrons. The van der Waals surface area contributed by atoms with Gasteiger partial charge in [0.25, 0.3) is 0 Å². The fourth-order valence-corrected chi connectivity index (χ4v) is 2.12. The van der Waals surface area contributed by atoms with Gasteiger partial charge in [0, 0.05) is 10.5 Å². The van der Waals surface area contributed by atoms with Gasteiger partial charge in [-0.05, 0) is 48.7 Å². The lowest BCUT2D eigenvalue weighted by atomic mass is 10.1. The highest BCUT2D eigenvalue weighted by Crippen LogP contribution is 2.23. The van der Waals surface area contributed by atoms with Gasteiger partial charge in [-0.2, -0.15) is 0 Å². The molecule has 0 aliphatic heterocycles. The summed E-state index contributed by atoms with van der Waals surface area (Å²) in [5, 5.41) is 0. The van der Waals surface area contributed by atoms with Crippen LogP contribution in [0.4, 0.5) is 0 Å². The Kier molecular flexibility index (Phi) is 4.61. The SMILES string of the molecule is Cc1cc([C@H](C)N)ccc1OCc1ccc(Br)cc1. The average molecular weight is 320 g/mol. The molecule has 0 bridgehead atoms. The molecule has 0 aromatic heterocycles. The van der Waals surface area contributed by atoms with Crippen molar-refractivity contribution in [3.8, 4) is 5.75 Å². The summed E-state index contributed by atoms with van der Waals surface area (Å²) in [7, 11) is 0. The van der Waals surface area contributed by atoms with E-state index >= 15 is 0 Å². The number of nitrogens with two attached hydrogens (primary N) is 1. The van der Waals surface area contributed by atoms with E-state index in [0.29, 0.717) is 6.61 Å². The van der Waals surface area contributed by atoms with Gasteiger partial charge < -0.3 is 10.5 Å². The highest BCUT2D eigenvalue weighted by Gasteiger charge is 2.04. The molecule has 0 fully saturated rings. The van der Waals surface area contributed by atoms with Crippen molar-refractivity contribution in [1.29, 1.82) is 0 Å². The molecule has 2 nitrogen and oxygen atoms in total. The fraction of sp³-hybridized carbons (Fsp3) is 0.250. The third-order valence-electron chi connectivity index (χ3n) is 3.03. The molecule has 0 saturated heterocycles. The number of halogens is 1. The largest absolute Gasteiger partial charge is 0.489 e. The first kappa shape index (κ1) is 14.1. The van der Waals surface area contributed by atoms with Crippen LogP contribution in [0.25, 0.3) is 0 Å². The van der Waals surface area contributed by atoms with E-state index < -0.39 is 0 Å². The number of ether oxygens (including phenoxy) is 1. The summed E-state index contributed by atoms with van der Waals surface area (Å²) in [4.78, 5) is 0. The molecule has 2 rings (SSSR count). The van der Waals surface area contributed by atoms with Crippen molar-refractivity contribution < 1.29 is 4.74 Å². The minimum atomic E-state index is 0.0548. The number of benzene rings is 2. The first-order valence-electron chi connectivity index (χ1n) is 6.29. The summed E-state index contributed by atoms with van der Waals surface area (Å²) in [6.45, 7) is 4.60. The highest BCUT2D eigenvalue weighted by atomic mass is 79.9. The lowest BCUT2D eigenvalue weighted by Gasteiger charge is -2.12. The average Bonchev–Trinajstić information content (AvgIpc) is 2.39. The zero-order chi connectivity index (χ0) is 13.8. The Morgan fingerprint density at radius 3 is 2.42 bits per heavy atom. The van der Waals surface area contributed by atoms with Crippen LogP contribution in [0.3, 0.4) is 0 Å². The van der Waals surface area contributed by atoms with Crippen LogP contribution in [0.15, 0.2) is 46.9 Å². The summed E-state index contributed by atoms with van der Waals surface area (Å²) < 4.78 is 6.92. The monoisotopic (exact) mass is 319 g/mol. The highest BCUT2D eigenvalue weighted by molar-refractivity contribution is 9.10. The summed E-state index contributed by atoms with van der Waals surface area (Å²) in [5.41, 5.74) is 9.27. The maximum absolute atomic E-state index is 5.87. The molecule has 0 aliphatic rings. The quantitative estimate of drug-likeness (QED) is 0.908. The number of hydrogen-bond acceptors (Lipinski definition) is 2. The van der Waals surface area contributed by atoms with Gasteiger partial charge in [-0.1, -0.05) is 40.2 Å². The Bertz CT molecular complexity index is 549. The van der Waals surface area contributed by atoms with E-state index in [1.54, 1.807) is 0 Å². The predicted molar refractivity (Wildman–Crippen MR) is 82.3 cm³/mol. The third-order valence-corrected chi connectivity index (χ3v) is 3.56. The molecule has 3 heteroatoms. The molecule has 0 radical (unpaired) electrons. The van der Waals surface area contributed by atoms with Gasteiger partial charge in [-0.15, -0.1) is 0 Å². The van der Waals surface area contributed by atoms with E-state index in [1.807, 2.05) is 38.1 Å². The standard InChI is InChI=1S/C16H18BrNO/c1-11-9-14(12(2)18)5-8-16(11)19-10-13-3-6-15(17)7-4-13/h3-9,12H,10,18H2,1-2H3/t12-/m0/s1. The molecule has 1 atom stereocenters. The molecule has 19 heavy (non-hydrogen) atoms. The van der Waals surface area contributed by atoms with Crippen molar-refractivity contribution in [3.63, 3.8) is 0 Å². The van der Waals surface area contributed by atoms with Crippen LogP contribution in [0, 0.1) is 6.92 Å². The van der Waals surface area contributed by atoms with Gasteiger partial charge >= 0.3 is 0 Å². The number of rotatable bonds is 4. The van der Waals surface area contributed by atoms with Crippen molar-refractivity contribution in [1.82, 2.24) is 0 Å². The van der Waals surface area contributed by atoms with Crippen molar-refractivity contribution in [3.05, 3.63) is 63.6 Å². The van der Waals surface area contributed by atoms with Crippen LogP contribution in [0.5, 0.6) is 5.75 Å². The maximum atomic E-state index is 5.87. The molecule has 0 spiro atoms. The molecule has 0 heterocycles. The Labute approximate surface area is 122 Å². The van der Waals surface area contributed by atoms with Gasteiger partial charge in [-0.25, -0.2) is 0 Å².